The van der Waals surface area contributed by atoms with Crippen molar-refractivity contribution in [2.75, 3.05) is 6.61 Å². The number of carbonyl (C=O) groups is 1. The van der Waals surface area contributed by atoms with E-state index < -0.39 is 5.97 Å². The van der Waals surface area contributed by atoms with Gasteiger partial charge in [-0.3, -0.25) is 0 Å². The Kier molecular flexibility index (Phi) is 5.24. The second-order valence-corrected chi connectivity index (χ2v) is 6.36. The summed E-state index contributed by atoms with van der Waals surface area (Å²) in [6.07, 6.45) is 0. The van der Waals surface area contributed by atoms with Crippen molar-refractivity contribution in [1.29, 1.82) is 0 Å². The highest BCUT2D eigenvalue weighted by Crippen LogP contribution is 2.29. The van der Waals surface area contributed by atoms with Crippen molar-refractivity contribution >= 4 is 16.7 Å². The molecule has 5 nitrogen and oxygen atoms in total. The first kappa shape index (κ1) is 18.7. The molecule has 1 heterocycles. The maximum atomic E-state index is 13.1. The van der Waals surface area contributed by atoms with Crippen LogP contribution in [0.2, 0.25) is 0 Å². The number of halogens is 1. The summed E-state index contributed by atoms with van der Waals surface area (Å²) in [5.74, 6) is 0.110. The average molecular weight is 391 g/mol. The van der Waals surface area contributed by atoms with Crippen LogP contribution in [0.5, 0.6) is 5.75 Å². The molecule has 0 fully saturated rings. The van der Waals surface area contributed by atoms with Crippen molar-refractivity contribution < 1.29 is 23.2 Å². The minimum absolute atomic E-state index is 0.0572. The predicted octanol–water partition coefficient (Wildman–Crippen LogP) is 5.39. The minimum atomic E-state index is -0.503. The molecule has 146 valence electrons. The minimum Gasteiger partial charge on any atom is -0.493 e. The van der Waals surface area contributed by atoms with Gasteiger partial charge in [-0.05, 0) is 48.0 Å². The molecule has 3 aromatic carbocycles. The van der Waals surface area contributed by atoms with Crippen LogP contribution in [-0.2, 0) is 11.3 Å². The number of fused-ring (bicyclic) bond motifs is 1. The smallest absolute Gasteiger partial charge is 0.342 e. The van der Waals surface area contributed by atoms with Gasteiger partial charge in [0, 0.05) is 11.6 Å². The zero-order valence-corrected chi connectivity index (χ0v) is 15.7. The summed E-state index contributed by atoms with van der Waals surface area (Å²) in [7, 11) is 0. The molecule has 0 saturated carbocycles. The van der Waals surface area contributed by atoms with Crippen molar-refractivity contribution in [3.8, 4) is 17.1 Å². The molecule has 0 amide bonds. The maximum Gasteiger partial charge on any atom is 0.342 e. The van der Waals surface area contributed by atoms with Crippen molar-refractivity contribution in [1.82, 2.24) is 5.16 Å². The largest absolute Gasteiger partial charge is 0.493 e. The number of benzene rings is 3. The van der Waals surface area contributed by atoms with E-state index in [1.165, 1.54) is 12.1 Å². The highest BCUT2D eigenvalue weighted by molar-refractivity contribution is 6.07. The molecule has 0 radical (unpaired) electrons. The second-order valence-electron chi connectivity index (χ2n) is 6.36. The molecule has 0 saturated heterocycles. The quantitative estimate of drug-likeness (QED) is 0.413. The number of esters is 1. The van der Waals surface area contributed by atoms with Crippen molar-refractivity contribution in [2.45, 2.75) is 13.5 Å². The van der Waals surface area contributed by atoms with Crippen LogP contribution in [0.4, 0.5) is 4.39 Å². The molecule has 0 N–H and O–H groups in total. The van der Waals surface area contributed by atoms with Crippen LogP contribution >= 0.6 is 0 Å². The fourth-order valence-corrected chi connectivity index (χ4v) is 3.08. The van der Waals surface area contributed by atoms with Gasteiger partial charge in [-0.15, -0.1) is 0 Å². The van der Waals surface area contributed by atoms with Gasteiger partial charge in [-0.2, -0.15) is 0 Å². The SMILES string of the molecule is CCOc1ccc2ccccc2c1C(=O)OCc1cc(-c2ccc(F)cc2)on1. The third-order valence-electron chi connectivity index (χ3n) is 4.43. The molecule has 0 unspecified atom stereocenters. The highest BCUT2D eigenvalue weighted by atomic mass is 19.1. The van der Waals surface area contributed by atoms with Crippen molar-refractivity contribution in [3.63, 3.8) is 0 Å². The zero-order chi connectivity index (χ0) is 20.2. The molecule has 29 heavy (non-hydrogen) atoms. The topological polar surface area (TPSA) is 61.6 Å². The van der Waals surface area contributed by atoms with Crippen molar-refractivity contribution in [3.05, 3.63) is 83.8 Å². The molecule has 0 atom stereocenters. The van der Waals surface area contributed by atoms with Gasteiger partial charge in [0.1, 0.15) is 29.4 Å². The summed E-state index contributed by atoms with van der Waals surface area (Å²) in [6, 6.07) is 18.8. The lowest BCUT2D eigenvalue weighted by Gasteiger charge is -2.12. The Morgan fingerprint density at radius 2 is 1.86 bits per heavy atom. The third-order valence-corrected chi connectivity index (χ3v) is 4.43. The summed E-state index contributed by atoms with van der Waals surface area (Å²) in [5, 5.41) is 5.60. The Bertz CT molecular complexity index is 1150. The zero-order valence-electron chi connectivity index (χ0n) is 15.7. The van der Waals surface area contributed by atoms with Gasteiger partial charge in [0.2, 0.25) is 0 Å². The number of hydrogen-bond donors (Lipinski definition) is 0. The first-order valence-corrected chi connectivity index (χ1v) is 9.19. The van der Waals surface area contributed by atoms with Gasteiger partial charge in [0.25, 0.3) is 0 Å². The molecule has 0 aliphatic carbocycles. The normalized spacial score (nSPS) is 10.8. The fourth-order valence-electron chi connectivity index (χ4n) is 3.08. The van der Waals surface area contributed by atoms with Gasteiger partial charge in [-0.1, -0.05) is 35.5 Å². The van der Waals surface area contributed by atoms with Crippen LogP contribution in [0.25, 0.3) is 22.1 Å². The first-order valence-electron chi connectivity index (χ1n) is 9.19. The Morgan fingerprint density at radius 3 is 2.66 bits per heavy atom. The lowest BCUT2D eigenvalue weighted by Crippen LogP contribution is -2.09. The molecule has 4 aromatic rings. The molecular formula is C23H18FNO4. The van der Waals surface area contributed by atoms with Crippen LogP contribution in [0.1, 0.15) is 23.0 Å². The molecular weight excluding hydrogens is 373 g/mol. The van der Waals surface area contributed by atoms with Gasteiger partial charge in [0.15, 0.2) is 5.76 Å². The van der Waals surface area contributed by atoms with E-state index in [-0.39, 0.29) is 12.4 Å². The molecule has 0 aliphatic rings. The lowest BCUT2D eigenvalue weighted by atomic mass is 10.0. The summed E-state index contributed by atoms with van der Waals surface area (Å²) in [5.41, 5.74) is 1.52. The Morgan fingerprint density at radius 1 is 1.07 bits per heavy atom. The second kappa shape index (κ2) is 8.14. The fraction of sp³-hybridized carbons (Fsp3) is 0.130. The third kappa shape index (κ3) is 3.96. The Hall–Kier alpha value is -3.67. The van der Waals surface area contributed by atoms with E-state index in [4.69, 9.17) is 14.0 Å². The number of hydrogen-bond acceptors (Lipinski definition) is 5. The number of aromatic nitrogens is 1. The van der Waals surface area contributed by atoms with E-state index in [9.17, 15) is 9.18 Å². The lowest BCUT2D eigenvalue weighted by molar-refractivity contribution is 0.0462. The molecule has 1 aromatic heterocycles. The predicted molar refractivity (Wildman–Crippen MR) is 106 cm³/mol. The van der Waals surface area contributed by atoms with E-state index in [0.717, 1.165) is 10.8 Å². The number of nitrogens with zero attached hydrogens (tertiary/aromatic N) is 1. The number of ether oxygens (including phenoxy) is 2. The Balaban J connectivity index is 1.55. The van der Waals surface area contributed by atoms with Crippen LogP contribution in [0.3, 0.4) is 0 Å². The number of rotatable bonds is 6. The first-order chi connectivity index (χ1) is 14.2. The standard InChI is InChI=1S/C23H18FNO4/c1-2-27-20-12-9-15-5-3-4-6-19(15)22(20)23(26)28-14-18-13-21(29-25-18)16-7-10-17(24)11-8-16/h3-13H,2,14H2,1H3. The van der Waals surface area contributed by atoms with Crippen molar-refractivity contribution in [2.24, 2.45) is 0 Å². The van der Waals surface area contributed by atoms with Gasteiger partial charge < -0.3 is 14.0 Å². The van der Waals surface area contributed by atoms with Crippen LogP contribution in [-0.4, -0.2) is 17.7 Å². The van der Waals surface area contributed by atoms with E-state index in [1.54, 1.807) is 24.3 Å². The average Bonchev–Trinajstić information content (AvgIpc) is 3.21. The van der Waals surface area contributed by atoms with E-state index in [1.807, 2.05) is 37.3 Å². The van der Waals surface area contributed by atoms with Crippen LogP contribution in [0.15, 0.2) is 71.3 Å². The molecule has 4 rings (SSSR count). The van der Waals surface area contributed by atoms with E-state index >= 15 is 0 Å². The number of carbonyl (C=O) groups excluding carboxylic acids is 1. The highest BCUT2D eigenvalue weighted by Gasteiger charge is 2.19. The van der Waals surface area contributed by atoms with Gasteiger partial charge >= 0.3 is 5.97 Å². The monoisotopic (exact) mass is 391 g/mol. The summed E-state index contributed by atoms with van der Waals surface area (Å²) in [4.78, 5) is 12.8. The maximum absolute atomic E-state index is 13.1. The van der Waals surface area contributed by atoms with Crippen LogP contribution < -0.4 is 4.74 Å². The Labute approximate surface area is 166 Å². The molecule has 0 aliphatic heterocycles. The molecule has 0 bridgehead atoms. The van der Waals surface area contributed by atoms with E-state index in [2.05, 4.69) is 5.16 Å². The molecule has 0 spiro atoms. The molecule has 6 heteroatoms. The van der Waals surface area contributed by atoms with Crippen LogP contribution in [0, 0.1) is 5.82 Å². The van der Waals surface area contributed by atoms with E-state index in [0.29, 0.717) is 34.9 Å². The summed E-state index contributed by atoms with van der Waals surface area (Å²) in [6.45, 7) is 2.23. The van der Waals surface area contributed by atoms with Gasteiger partial charge in [0.05, 0.1) is 6.61 Å². The summed E-state index contributed by atoms with van der Waals surface area (Å²) < 4.78 is 29.4. The van der Waals surface area contributed by atoms with Gasteiger partial charge in [-0.25, -0.2) is 9.18 Å². The summed E-state index contributed by atoms with van der Waals surface area (Å²) >= 11 is 0.